The third-order valence-corrected chi connectivity index (χ3v) is 3.77. The van der Waals surface area contributed by atoms with Crippen LogP contribution in [0.1, 0.15) is 38.7 Å². The van der Waals surface area contributed by atoms with Crippen molar-refractivity contribution in [1.82, 2.24) is 5.32 Å². The monoisotopic (exact) mass is 311 g/mol. The molecule has 0 saturated heterocycles. The summed E-state index contributed by atoms with van der Waals surface area (Å²) in [6.45, 7) is 5.15. The van der Waals surface area contributed by atoms with Gasteiger partial charge in [0.1, 0.15) is 0 Å². The van der Waals surface area contributed by atoms with Crippen LogP contribution in [0.2, 0.25) is 0 Å². The van der Waals surface area contributed by atoms with Crippen LogP contribution in [0.25, 0.3) is 0 Å². The minimum absolute atomic E-state index is 0.155. The van der Waals surface area contributed by atoms with Crippen molar-refractivity contribution in [1.29, 1.82) is 0 Å². The van der Waals surface area contributed by atoms with Crippen molar-refractivity contribution in [2.45, 2.75) is 39.5 Å². The van der Waals surface area contributed by atoms with Crippen LogP contribution in [0.5, 0.6) is 0 Å². The fourth-order valence-corrected chi connectivity index (χ4v) is 2.32. The normalized spacial score (nSPS) is 10.7. The van der Waals surface area contributed by atoms with Gasteiger partial charge in [0, 0.05) is 17.4 Å². The van der Waals surface area contributed by atoms with Gasteiger partial charge in [-0.15, -0.1) is 0 Å². The smallest absolute Gasteiger partial charge is 0.220 e. The van der Waals surface area contributed by atoms with E-state index >= 15 is 0 Å². The standard InChI is InChI=1S/C15H22BrNO/c1-3-12(4-2)11-17-15(18)9-8-13-6-5-7-14(16)10-13/h5-7,10,12H,3-4,8-9,11H2,1-2H3,(H,17,18). The predicted molar refractivity (Wildman–Crippen MR) is 79.5 cm³/mol. The van der Waals surface area contributed by atoms with E-state index in [0.29, 0.717) is 12.3 Å². The molecule has 0 bridgehead atoms. The van der Waals surface area contributed by atoms with Crippen molar-refractivity contribution in [3.05, 3.63) is 34.3 Å². The highest BCUT2D eigenvalue weighted by atomic mass is 79.9. The van der Waals surface area contributed by atoms with Gasteiger partial charge in [-0.05, 0) is 30.0 Å². The highest BCUT2D eigenvalue weighted by Crippen LogP contribution is 2.13. The van der Waals surface area contributed by atoms with E-state index in [1.807, 2.05) is 12.1 Å². The lowest BCUT2D eigenvalue weighted by Gasteiger charge is -2.13. The molecule has 0 unspecified atom stereocenters. The highest BCUT2D eigenvalue weighted by molar-refractivity contribution is 9.10. The fraction of sp³-hybridized carbons (Fsp3) is 0.533. The van der Waals surface area contributed by atoms with E-state index in [4.69, 9.17) is 0 Å². The van der Waals surface area contributed by atoms with Gasteiger partial charge in [-0.1, -0.05) is 54.8 Å². The Morgan fingerprint density at radius 1 is 1.33 bits per heavy atom. The first-order chi connectivity index (χ1) is 8.65. The van der Waals surface area contributed by atoms with Gasteiger partial charge in [-0.2, -0.15) is 0 Å². The number of hydrogen-bond acceptors (Lipinski definition) is 1. The molecule has 3 heteroatoms. The Bertz CT molecular complexity index is 375. The summed E-state index contributed by atoms with van der Waals surface area (Å²) in [7, 11) is 0. The third-order valence-electron chi connectivity index (χ3n) is 3.27. The molecule has 0 radical (unpaired) electrons. The van der Waals surface area contributed by atoms with Crippen molar-refractivity contribution >= 4 is 21.8 Å². The Hall–Kier alpha value is -0.830. The van der Waals surface area contributed by atoms with E-state index < -0.39 is 0 Å². The minimum Gasteiger partial charge on any atom is -0.356 e. The number of nitrogens with one attached hydrogen (secondary N) is 1. The molecule has 0 heterocycles. The zero-order valence-corrected chi connectivity index (χ0v) is 12.8. The second kappa shape index (κ2) is 8.30. The first-order valence-corrected chi connectivity index (χ1v) is 7.46. The maximum absolute atomic E-state index is 11.7. The van der Waals surface area contributed by atoms with Crippen LogP contribution in [0, 0.1) is 5.92 Å². The molecule has 1 aromatic carbocycles. The maximum Gasteiger partial charge on any atom is 0.220 e. The topological polar surface area (TPSA) is 29.1 Å². The van der Waals surface area contributed by atoms with Crippen LogP contribution in [0.4, 0.5) is 0 Å². The van der Waals surface area contributed by atoms with Crippen molar-refractivity contribution in [3.8, 4) is 0 Å². The van der Waals surface area contributed by atoms with Crippen LogP contribution < -0.4 is 5.32 Å². The molecule has 1 aromatic rings. The van der Waals surface area contributed by atoms with Crippen LogP contribution in [0.15, 0.2) is 28.7 Å². The molecule has 0 atom stereocenters. The summed E-state index contributed by atoms with van der Waals surface area (Å²) in [4.78, 5) is 11.7. The molecule has 18 heavy (non-hydrogen) atoms. The lowest BCUT2D eigenvalue weighted by atomic mass is 10.0. The SMILES string of the molecule is CCC(CC)CNC(=O)CCc1cccc(Br)c1. The zero-order chi connectivity index (χ0) is 13.4. The largest absolute Gasteiger partial charge is 0.356 e. The summed E-state index contributed by atoms with van der Waals surface area (Å²) in [6, 6.07) is 8.12. The number of carbonyl (C=O) groups excluding carboxylic acids is 1. The van der Waals surface area contributed by atoms with E-state index in [9.17, 15) is 4.79 Å². The van der Waals surface area contributed by atoms with E-state index in [-0.39, 0.29) is 5.91 Å². The molecule has 0 aliphatic rings. The quantitative estimate of drug-likeness (QED) is 0.812. The summed E-state index contributed by atoms with van der Waals surface area (Å²) in [5.41, 5.74) is 1.20. The Labute approximate surface area is 118 Å². The molecule has 0 spiro atoms. The molecule has 2 nitrogen and oxygen atoms in total. The van der Waals surface area contributed by atoms with Crippen molar-refractivity contribution in [3.63, 3.8) is 0 Å². The van der Waals surface area contributed by atoms with Crippen molar-refractivity contribution < 1.29 is 4.79 Å². The van der Waals surface area contributed by atoms with E-state index in [1.54, 1.807) is 0 Å². The maximum atomic E-state index is 11.7. The van der Waals surface area contributed by atoms with E-state index in [1.165, 1.54) is 5.56 Å². The van der Waals surface area contributed by atoms with Gasteiger partial charge in [0.2, 0.25) is 5.91 Å². The van der Waals surface area contributed by atoms with Crippen LogP contribution in [-0.2, 0) is 11.2 Å². The van der Waals surface area contributed by atoms with Gasteiger partial charge in [-0.25, -0.2) is 0 Å². The second-order valence-electron chi connectivity index (χ2n) is 4.62. The third kappa shape index (κ3) is 5.67. The Balaban J connectivity index is 2.29. The first kappa shape index (κ1) is 15.2. The van der Waals surface area contributed by atoms with Gasteiger partial charge >= 0.3 is 0 Å². The van der Waals surface area contributed by atoms with E-state index in [0.717, 1.165) is 30.3 Å². The van der Waals surface area contributed by atoms with Crippen molar-refractivity contribution in [2.75, 3.05) is 6.54 Å². The summed E-state index contributed by atoms with van der Waals surface area (Å²) < 4.78 is 1.07. The molecule has 0 saturated carbocycles. The Morgan fingerprint density at radius 2 is 2.06 bits per heavy atom. The lowest BCUT2D eigenvalue weighted by Crippen LogP contribution is -2.29. The van der Waals surface area contributed by atoms with E-state index in [2.05, 4.69) is 47.2 Å². The Morgan fingerprint density at radius 3 is 2.67 bits per heavy atom. The summed E-state index contributed by atoms with van der Waals surface area (Å²) in [5, 5.41) is 3.02. The van der Waals surface area contributed by atoms with Gasteiger partial charge in [0.05, 0.1) is 0 Å². The lowest BCUT2D eigenvalue weighted by molar-refractivity contribution is -0.121. The molecular weight excluding hydrogens is 290 g/mol. The molecule has 0 fully saturated rings. The van der Waals surface area contributed by atoms with Gasteiger partial charge in [0.25, 0.3) is 0 Å². The summed E-state index contributed by atoms with van der Waals surface area (Å²) in [5.74, 6) is 0.765. The second-order valence-corrected chi connectivity index (χ2v) is 5.53. The molecule has 1 N–H and O–H groups in total. The van der Waals surface area contributed by atoms with Crippen molar-refractivity contribution in [2.24, 2.45) is 5.92 Å². The molecule has 0 aromatic heterocycles. The van der Waals surface area contributed by atoms with Crippen LogP contribution in [0.3, 0.4) is 0 Å². The molecule has 1 amide bonds. The fourth-order valence-electron chi connectivity index (χ4n) is 1.87. The number of benzene rings is 1. The Kier molecular flexibility index (Phi) is 7.02. The van der Waals surface area contributed by atoms with Gasteiger partial charge < -0.3 is 5.32 Å². The number of carbonyl (C=O) groups is 1. The summed E-state index contributed by atoms with van der Waals surface area (Å²) >= 11 is 3.44. The zero-order valence-electron chi connectivity index (χ0n) is 11.2. The average molecular weight is 312 g/mol. The molecule has 0 aliphatic carbocycles. The minimum atomic E-state index is 0.155. The van der Waals surface area contributed by atoms with Gasteiger partial charge in [0.15, 0.2) is 0 Å². The number of hydrogen-bond donors (Lipinski definition) is 1. The first-order valence-electron chi connectivity index (χ1n) is 6.66. The number of aryl methyl sites for hydroxylation is 1. The van der Waals surface area contributed by atoms with Crippen LogP contribution >= 0.6 is 15.9 Å². The average Bonchev–Trinajstić information content (AvgIpc) is 2.37. The summed E-state index contributed by atoms with van der Waals surface area (Å²) in [6.07, 6.45) is 3.62. The highest BCUT2D eigenvalue weighted by Gasteiger charge is 2.06. The number of rotatable bonds is 7. The van der Waals surface area contributed by atoms with Gasteiger partial charge in [-0.3, -0.25) is 4.79 Å². The van der Waals surface area contributed by atoms with Crippen LogP contribution in [-0.4, -0.2) is 12.5 Å². The molecule has 0 aliphatic heterocycles. The predicted octanol–water partition coefficient (Wildman–Crippen LogP) is 3.93. The number of halogens is 1. The molecular formula is C15H22BrNO. The number of amides is 1. The molecule has 100 valence electrons. The molecule has 1 rings (SSSR count).